The standard InChI is InChI=1S/C19H23N3O3/c1-2-20-18(23)19(24)21-12-16(17-8-5-11-25-17)22-10-9-14-6-3-4-7-15(14)13-22/h3-8,11,16H,2,9-10,12-13H2,1H3,(H,20,23)(H,21,24)/t16-/m1/s1. The molecule has 2 amide bonds. The van der Waals surface area contributed by atoms with Crippen LogP contribution in [0.4, 0.5) is 0 Å². The first-order chi connectivity index (χ1) is 12.2. The Hall–Kier alpha value is -2.60. The molecule has 2 N–H and O–H groups in total. The maximum absolute atomic E-state index is 11.9. The Morgan fingerprint density at radius 3 is 2.60 bits per heavy atom. The molecular formula is C19H23N3O3. The van der Waals surface area contributed by atoms with E-state index in [2.05, 4.69) is 33.7 Å². The van der Waals surface area contributed by atoms with Crippen molar-refractivity contribution in [3.8, 4) is 0 Å². The average molecular weight is 341 g/mol. The highest BCUT2D eigenvalue weighted by atomic mass is 16.3. The molecule has 2 aromatic rings. The number of rotatable bonds is 5. The van der Waals surface area contributed by atoms with Crippen LogP contribution in [0, 0.1) is 0 Å². The minimum atomic E-state index is -0.615. The van der Waals surface area contributed by atoms with Crippen LogP contribution in [0.3, 0.4) is 0 Å². The van der Waals surface area contributed by atoms with E-state index < -0.39 is 11.8 Å². The lowest BCUT2D eigenvalue weighted by atomic mass is 9.98. The normalized spacial score (nSPS) is 15.2. The Balaban J connectivity index is 1.71. The van der Waals surface area contributed by atoms with E-state index in [1.54, 1.807) is 13.2 Å². The van der Waals surface area contributed by atoms with Crippen molar-refractivity contribution in [2.24, 2.45) is 0 Å². The highest BCUT2D eigenvalue weighted by Crippen LogP contribution is 2.27. The van der Waals surface area contributed by atoms with E-state index in [0.717, 1.165) is 25.3 Å². The number of likely N-dealkylation sites (N-methyl/N-ethyl adjacent to an activating group) is 1. The summed E-state index contributed by atoms with van der Waals surface area (Å²) in [6.07, 6.45) is 2.59. The van der Waals surface area contributed by atoms with E-state index in [0.29, 0.717) is 13.1 Å². The van der Waals surface area contributed by atoms with Crippen molar-refractivity contribution < 1.29 is 14.0 Å². The minimum Gasteiger partial charge on any atom is -0.468 e. The Morgan fingerprint density at radius 2 is 1.88 bits per heavy atom. The van der Waals surface area contributed by atoms with Gasteiger partial charge >= 0.3 is 11.8 Å². The van der Waals surface area contributed by atoms with E-state index in [4.69, 9.17) is 4.42 Å². The molecule has 1 atom stereocenters. The highest BCUT2D eigenvalue weighted by molar-refractivity contribution is 6.35. The molecule has 2 heterocycles. The van der Waals surface area contributed by atoms with Crippen LogP contribution in [-0.4, -0.2) is 36.3 Å². The molecule has 6 heteroatoms. The highest BCUT2D eigenvalue weighted by Gasteiger charge is 2.27. The van der Waals surface area contributed by atoms with Crippen molar-refractivity contribution in [2.75, 3.05) is 19.6 Å². The van der Waals surface area contributed by atoms with Gasteiger partial charge in [0.15, 0.2) is 0 Å². The summed E-state index contributed by atoms with van der Waals surface area (Å²) >= 11 is 0. The number of benzene rings is 1. The lowest BCUT2D eigenvalue weighted by Gasteiger charge is -2.34. The number of carbonyl (C=O) groups excluding carboxylic acids is 2. The first kappa shape index (κ1) is 17.2. The number of nitrogens with one attached hydrogen (secondary N) is 2. The molecular weight excluding hydrogens is 318 g/mol. The first-order valence-electron chi connectivity index (χ1n) is 8.59. The van der Waals surface area contributed by atoms with Crippen molar-refractivity contribution >= 4 is 11.8 Å². The van der Waals surface area contributed by atoms with Gasteiger partial charge in [-0.15, -0.1) is 0 Å². The molecule has 6 nitrogen and oxygen atoms in total. The van der Waals surface area contributed by atoms with Crippen molar-refractivity contribution in [3.63, 3.8) is 0 Å². The summed E-state index contributed by atoms with van der Waals surface area (Å²) in [5, 5.41) is 5.23. The summed E-state index contributed by atoms with van der Waals surface area (Å²) in [6.45, 7) is 4.20. The fraction of sp³-hybridized carbons (Fsp3) is 0.368. The number of hydrogen-bond donors (Lipinski definition) is 2. The average Bonchev–Trinajstić information content (AvgIpc) is 3.16. The quantitative estimate of drug-likeness (QED) is 0.811. The molecule has 0 fully saturated rings. The van der Waals surface area contributed by atoms with Crippen LogP contribution >= 0.6 is 0 Å². The van der Waals surface area contributed by atoms with Crippen LogP contribution in [-0.2, 0) is 22.6 Å². The van der Waals surface area contributed by atoms with Gasteiger partial charge in [0.05, 0.1) is 12.3 Å². The van der Waals surface area contributed by atoms with Gasteiger partial charge in [-0.3, -0.25) is 14.5 Å². The zero-order valence-electron chi connectivity index (χ0n) is 14.3. The van der Waals surface area contributed by atoms with Crippen molar-refractivity contribution in [2.45, 2.75) is 25.9 Å². The Morgan fingerprint density at radius 1 is 1.12 bits per heavy atom. The maximum Gasteiger partial charge on any atom is 0.309 e. The van der Waals surface area contributed by atoms with Crippen LogP contribution in [0.2, 0.25) is 0 Å². The number of hydrogen-bond acceptors (Lipinski definition) is 4. The Kier molecular flexibility index (Phi) is 5.50. The van der Waals surface area contributed by atoms with Crippen LogP contribution in [0.25, 0.3) is 0 Å². The molecule has 1 aliphatic heterocycles. The molecule has 3 rings (SSSR count). The molecule has 25 heavy (non-hydrogen) atoms. The fourth-order valence-electron chi connectivity index (χ4n) is 3.18. The summed E-state index contributed by atoms with van der Waals surface area (Å²) in [7, 11) is 0. The second-order valence-electron chi connectivity index (χ2n) is 6.09. The molecule has 0 radical (unpaired) electrons. The summed E-state index contributed by atoms with van der Waals surface area (Å²) < 4.78 is 5.58. The molecule has 0 spiro atoms. The SMILES string of the molecule is CCNC(=O)C(=O)NC[C@H](c1ccco1)N1CCc2ccccc2C1. The lowest BCUT2D eigenvalue weighted by molar-refractivity contribution is -0.139. The predicted octanol–water partition coefficient (Wildman–Crippen LogP) is 1.63. The Labute approximate surface area is 147 Å². The number of carbonyl (C=O) groups is 2. The van der Waals surface area contributed by atoms with Crippen molar-refractivity contribution in [1.29, 1.82) is 0 Å². The monoisotopic (exact) mass is 341 g/mol. The van der Waals surface area contributed by atoms with Crippen LogP contribution in [0.15, 0.2) is 47.1 Å². The molecule has 1 aliphatic rings. The molecule has 0 unspecified atom stereocenters. The third kappa shape index (κ3) is 4.09. The topological polar surface area (TPSA) is 74.6 Å². The van der Waals surface area contributed by atoms with Crippen LogP contribution in [0.5, 0.6) is 0 Å². The second-order valence-corrected chi connectivity index (χ2v) is 6.09. The van der Waals surface area contributed by atoms with Gasteiger partial charge in [0.1, 0.15) is 5.76 Å². The van der Waals surface area contributed by atoms with Crippen LogP contribution < -0.4 is 10.6 Å². The zero-order valence-corrected chi connectivity index (χ0v) is 14.3. The molecule has 0 saturated heterocycles. The molecule has 0 bridgehead atoms. The van der Waals surface area contributed by atoms with Gasteiger partial charge in [-0.1, -0.05) is 24.3 Å². The van der Waals surface area contributed by atoms with Gasteiger partial charge in [0.25, 0.3) is 0 Å². The van der Waals surface area contributed by atoms with Crippen LogP contribution in [0.1, 0.15) is 29.9 Å². The molecule has 0 aliphatic carbocycles. The summed E-state index contributed by atoms with van der Waals surface area (Å²) in [6, 6.07) is 12.0. The minimum absolute atomic E-state index is 0.110. The smallest absolute Gasteiger partial charge is 0.309 e. The number of fused-ring (bicyclic) bond motifs is 1. The fourth-order valence-corrected chi connectivity index (χ4v) is 3.18. The molecule has 1 aromatic carbocycles. The van der Waals surface area contributed by atoms with Gasteiger partial charge in [-0.05, 0) is 36.6 Å². The molecule has 132 valence electrons. The van der Waals surface area contributed by atoms with Gasteiger partial charge in [0, 0.05) is 26.2 Å². The first-order valence-corrected chi connectivity index (χ1v) is 8.59. The lowest BCUT2D eigenvalue weighted by Crippen LogP contribution is -2.45. The third-order valence-electron chi connectivity index (χ3n) is 4.47. The number of furan rings is 1. The Bertz CT molecular complexity index is 727. The summed E-state index contributed by atoms with van der Waals surface area (Å²) in [4.78, 5) is 25.8. The van der Waals surface area contributed by atoms with Crippen molar-refractivity contribution in [1.82, 2.24) is 15.5 Å². The van der Waals surface area contributed by atoms with Gasteiger partial charge in [0.2, 0.25) is 0 Å². The van der Waals surface area contributed by atoms with E-state index in [9.17, 15) is 9.59 Å². The van der Waals surface area contributed by atoms with E-state index >= 15 is 0 Å². The third-order valence-corrected chi connectivity index (χ3v) is 4.47. The molecule has 1 aromatic heterocycles. The summed E-state index contributed by atoms with van der Waals surface area (Å²) in [5.74, 6) is -0.434. The van der Waals surface area contributed by atoms with E-state index in [1.807, 2.05) is 18.2 Å². The predicted molar refractivity (Wildman–Crippen MR) is 93.7 cm³/mol. The largest absolute Gasteiger partial charge is 0.468 e. The van der Waals surface area contributed by atoms with E-state index in [1.165, 1.54) is 11.1 Å². The number of amides is 2. The zero-order chi connectivity index (χ0) is 17.6. The van der Waals surface area contributed by atoms with Gasteiger partial charge < -0.3 is 15.1 Å². The van der Waals surface area contributed by atoms with Gasteiger partial charge in [-0.25, -0.2) is 0 Å². The second kappa shape index (κ2) is 7.98. The van der Waals surface area contributed by atoms with Crippen molar-refractivity contribution in [3.05, 3.63) is 59.5 Å². The number of nitrogens with zero attached hydrogens (tertiary/aromatic N) is 1. The van der Waals surface area contributed by atoms with Gasteiger partial charge in [-0.2, -0.15) is 0 Å². The van der Waals surface area contributed by atoms with E-state index in [-0.39, 0.29) is 6.04 Å². The molecule has 0 saturated carbocycles. The summed E-state index contributed by atoms with van der Waals surface area (Å²) in [5.41, 5.74) is 2.66. The maximum atomic E-state index is 11.9.